The lowest BCUT2D eigenvalue weighted by molar-refractivity contribution is 0.474. The summed E-state index contributed by atoms with van der Waals surface area (Å²) in [5.74, 6) is 0.488. The van der Waals surface area contributed by atoms with Crippen LogP contribution in [0.5, 0.6) is 11.5 Å². The van der Waals surface area contributed by atoms with Crippen molar-refractivity contribution in [1.82, 2.24) is 0 Å². The van der Waals surface area contributed by atoms with Crippen LogP contribution in [0.3, 0.4) is 0 Å². The molecular weight excluding hydrogens is 272 g/mol. The molecule has 0 aliphatic heterocycles. The molecule has 2 N–H and O–H groups in total. The van der Waals surface area contributed by atoms with Gasteiger partial charge in [-0.3, -0.25) is 0 Å². The number of halogens is 1. The fourth-order valence-electron chi connectivity index (χ4n) is 2.98. The van der Waals surface area contributed by atoms with E-state index in [1.165, 1.54) is 0 Å². The number of phenols is 2. The van der Waals surface area contributed by atoms with Gasteiger partial charge >= 0.3 is 0 Å². The highest BCUT2D eigenvalue weighted by atomic mass is 35.5. The zero-order valence-corrected chi connectivity index (χ0v) is 11.3. The molecule has 0 aromatic heterocycles. The molecule has 0 amide bonds. The average Bonchev–Trinajstić information content (AvgIpc) is 2.78. The van der Waals surface area contributed by atoms with Crippen molar-refractivity contribution < 1.29 is 10.2 Å². The van der Waals surface area contributed by atoms with Crippen LogP contribution in [0.1, 0.15) is 11.1 Å². The van der Waals surface area contributed by atoms with Gasteiger partial charge in [0.05, 0.1) is 5.02 Å². The lowest BCUT2D eigenvalue weighted by Gasteiger charge is -2.08. The lowest BCUT2D eigenvalue weighted by atomic mass is 10.0. The Morgan fingerprint density at radius 2 is 1.60 bits per heavy atom. The Morgan fingerprint density at radius 1 is 0.850 bits per heavy atom. The van der Waals surface area contributed by atoms with E-state index in [0.29, 0.717) is 11.4 Å². The van der Waals surface area contributed by atoms with Crippen molar-refractivity contribution in [2.24, 2.45) is 0 Å². The fourth-order valence-corrected chi connectivity index (χ4v) is 3.31. The first kappa shape index (κ1) is 11.6. The monoisotopic (exact) mass is 282 g/mol. The second-order valence-electron chi connectivity index (χ2n) is 5.14. The number of rotatable bonds is 0. The fraction of sp³-hybridized carbons (Fsp3) is 0.0588. The van der Waals surface area contributed by atoms with Crippen molar-refractivity contribution in [1.29, 1.82) is 0 Å². The first-order valence-electron chi connectivity index (χ1n) is 6.40. The number of fused-ring (bicyclic) bond motifs is 4. The van der Waals surface area contributed by atoms with Crippen LogP contribution in [-0.2, 0) is 6.42 Å². The third-order valence-electron chi connectivity index (χ3n) is 3.91. The molecule has 0 spiro atoms. The minimum atomic E-state index is 0.215. The molecule has 20 heavy (non-hydrogen) atoms. The second-order valence-corrected chi connectivity index (χ2v) is 5.52. The van der Waals surface area contributed by atoms with Crippen molar-refractivity contribution in [3.63, 3.8) is 0 Å². The molecule has 4 rings (SSSR count). The van der Waals surface area contributed by atoms with Crippen LogP contribution in [0, 0.1) is 0 Å². The van der Waals surface area contributed by atoms with Gasteiger partial charge in [-0.2, -0.15) is 0 Å². The zero-order valence-electron chi connectivity index (χ0n) is 10.5. The van der Waals surface area contributed by atoms with Gasteiger partial charge < -0.3 is 10.2 Å². The van der Waals surface area contributed by atoms with Gasteiger partial charge in [-0.25, -0.2) is 0 Å². The Balaban J connectivity index is 2.07. The summed E-state index contributed by atoms with van der Waals surface area (Å²) in [4.78, 5) is 0. The molecule has 0 unspecified atom stereocenters. The molecule has 0 atom stereocenters. The van der Waals surface area contributed by atoms with Crippen LogP contribution in [0.4, 0.5) is 0 Å². The topological polar surface area (TPSA) is 40.5 Å². The summed E-state index contributed by atoms with van der Waals surface area (Å²) in [6.07, 6.45) is 0.712. The van der Waals surface area contributed by atoms with E-state index in [9.17, 15) is 10.2 Å². The van der Waals surface area contributed by atoms with Gasteiger partial charge in [0.1, 0.15) is 11.5 Å². The molecule has 0 radical (unpaired) electrons. The molecule has 3 aromatic rings. The van der Waals surface area contributed by atoms with Gasteiger partial charge in [-0.05, 0) is 58.0 Å². The minimum absolute atomic E-state index is 0.215. The highest BCUT2D eigenvalue weighted by Gasteiger charge is 2.23. The van der Waals surface area contributed by atoms with Crippen LogP contribution in [0.25, 0.3) is 21.9 Å². The normalized spacial score (nSPS) is 12.4. The van der Waals surface area contributed by atoms with Crippen LogP contribution in [0.15, 0.2) is 42.5 Å². The van der Waals surface area contributed by atoms with Crippen LogP contribution in [0.2, 0.25) is 5.02 Å². The number of benzene rings is 3. The standard InChI is InChI=1S/C17H11ClO2/c18-17-14-8-12(20)2-1-9(14)6-15-13-4-3-11(19)5-10(13)7-16(15)17/h1-6,8,19-20H,7H2. The maximum absolute atomic E-state index is 9.62. The van der Waals surface area contributed by atoms with Crippen LogP contribution >= 0.6 is 11.6 Å². The van der Waals surface area contributed by atoms with Crippen molar-refractivity contribution in [3.8, 4) is 22.6 Å². The summed E-state index contributed by atoms with van der Waals surface area (Å²) in [6.45, 7) is 0. The number of hydrogen-bond acceptors (Lipinski definition) is 2. The molecule has 0 saturated carbocycles. The molecule has 2 nitrogen and oxygen atoms in total. The first-order valence-corrected chi connectivity index (χ1v) is 6.77. The van der Waals surface area contributed by atoms with Crippen LogP contribution in [-0.4, -0.2) is 10.2 Å². The van der Waals surface area contributed by atoms with Gasteiger partial charge in [0.25, 0.3) is 0 Å². The molecule has 0 fully saturated rings. The third-order valence-corrected chi connectivity index (χ3v) is 4.34. The Bertz CT molecular complexity index is 868. The Labute approximate surface area is 120 Å². The maximum atomic E-state index is 9.62. The highest BCUT2D eigenvalue weighted by molar-refractivity contribution is 6.37. The Kier molecular flexibility index (Phi) is 2.27. The molecule has 1 aliphatic carbocycles. The van der Waals surface area contributed by atoms with Gasteiger partial charge in [-0.15, -0.1) is 0 Å². The summed E-state index contributed by atoms with van der Waals surface area (Å²) in [5, 5.41) is 21.8. The van der Waals surface area contributed by atoms with E-state index in [1.54, 1.807) is 24.3 Å². The number of phenolic OH excluding ortho intramolecular Hbond substituents is 2. The first-order chi connectivity index (χ1) is 9.63. The molecule has 3 heteroatoms. The summed E-state index contributed by atoms with van der Waals surface area (Å²) in [7, 11) is 0. The molecule has 98 valence electrons. The van der Waals surface area contributed by atoms with E-state index < -0.39 is 0 Å². The Hall–Kier alpha value is -2.19. The minimum Gasteiger partial charge on any atom is -0.508 e. The van der Waals surface area contributed by atoms with Gasteiger partial charge in [-0.1, -0.05) is 23.7 Å². The molecule has 0 bridgehead atoms. The van der Waals surface area contributed by atoms with Crippen molar-refractivity contribution in [2.45, 2.75) is 6.42 Å². The quantitative estimate of drug-likeness (QED) is 0.499. The number of aromatic hydroxyl groups is 2. The van der Waals surface area contributed by atoms with Crippen molar-refractivity contribution >= 4 is 22.4 Å². The molecular formula is C17H11ClO2. The van der Waals surface area contributed by atoms with E-state index in [1.807, 2.05) is 12.1 Å². The lowest BCUT2D eigenvalue weighted by Crippen LogP contribution is -1.85. The van der Waals surface area contributed by atoms with E-state index in [-0.39, 0.29) is 11.5 Å². The van der Waals surface area contributed by atoms with Crippen molar-refractivity contribution in [2.75, 3.05) is 0 Å². The predicted molar refractivity (Wildman–Crippen MR) is 80.5 cm³/mol. The molecule has 1 aliphatic rings. The van der Waals surface area contributed by atoms with E-state index >= 15 is 0 Å². The van der Waals surface area contributed by atoms with E-state index in [0.717, 1.165) is 33.0 Å². The van der Waals surface area contributed by atoms with Crippen molar-refractivity contribution in [3.05, 3.63) is 58.6 Å². The van der Waals surface area contributed by atoms with Gasteiger partial charge in [0.2, 0.25) is 0 Å². The summed E-state index contributed by atoms with van der Waals surface area (Å²) < 4.78 is 0. The zero-order chi connectivity index (χ0) is 13.9. The largest absolute Gasteiger partial charge is 0.508 e. The number of hydrogen-bond donors (Lipinski definition) is 2. The van der Waals surface area contributed by atoms with Gasteiger partial charge in [0.15, 0.2) is 0 Å². The predicted octanol–water partition coefficient (Wildman–Crippen LogP) is 4.48. The third kappa shape index (κ3) is 1.52. The van der Waals surface area contributed by atoms with Crippen LogP contribution < -0.4 is 0 Å². The SMILES string of the molecule is Oc1ccc2c(c1)Cc1c-2cc2ccc(O)cc2c1Cl. The molecule has 0 heterocycles. The van der Waals surface area contributed by atoms with E-state index in [4.69, 9.17) is 11.6 Å². The summed E-state index contributed by atoms with van der Waals surface area (Å²) >= 11 is 6.52. The summed E-state index contributed by atoms with van der Waals surface area (Å²) in [6, 6.07) is 12.7. The smallest absolute Gasteiger partial charge is 0.116 e. The summed E-state index contributed by atoms with van der Waals surface area (Å²) in [5.41, 5.74) is 4.38. The Morgan fingerprint density at radius 3 is 2.45 bits per heavy atom. The second kappa shape index (κ2) is 3.90. The highest BCUT2D eigenvalue weighted by Crippen LogP contribution is 2.44. The molecule has 3 aromatic carbocycles. The van der Waals surface area contributed by atoms with E-state index in [2.05, 4.69) is 6.07 Å². The molecule has 0 saturated heterocycles. The van der Waals surface area contributed by atoms with Gasteiger partial charge in [0, 0.05) is 11.8 Å². The average molecular weight is 283 g/mol. The maximum Gasteiger partial charge on any atom is 0.116 e.